The number of benzene rings is 1. The lowest BCUT2D eigenvalue weighted by molar-refractivity contribution is -0.125. The predicted octanol–water partition coefficient (Wildman–Crippen LogP) is 5.30. The van der Waals surface area contributed by atoms with Crippen LogP contribution in [0.5, 0.6) is 11.5 Å². The van der Waals surface area contributed by atoms with Crippen LogP contribution in [-0.2, 0) is 4.79 Å². The number of amides is 1. The highest BCUT2D eigenvalue weighted by molar-refractivity contribution is 5.88. The van der Waals surface area contributed by atoms with Gasteiger partial charge in [-0.1, -0.05) is 13.0 Å². The molecule has 1 aliphatic rings. The zero-order valence-corrected chi connectivity index (χ0v) is 24.1. The molecular weight excluding hydrogens is 549 g/mol. The van der Waals surface area contributed by atoms with Crippen molar-refractivity contribution in [3.05, 3.63) is 79.3 Å². The number of aromatic nitrogens is 6. The minimum Gasteiger partial charge on any atom is -0.457 e. The minimum atomic E-state index is -0.461. The SMILES string of the molecule is C=CC(=O)N(C)C[C@@H]1CCCCN(c2ccc3ncnc(Nc4ccc(Oc5ccn6ncnc6c5)c(C)c4F)c3n2)C1. The average Bonchev–Trinajstić information content (AvgIpc) is 3.37. The Balaban J connectivity index is 1.24. The van der Waals surface area contributed by atoms with Gasteiger partial charge in [-0.25, -0.2) is 28.8 Å². The molecule has 220 valence electrons. The normalized spacial score (nSPS) is 15.3. The molecule has 5 aromatic rings. The Morgan fingerprint density at radius 3 is 2.93 bits per heavy atom. The second-order valence-corrected chi connectivity index (χ2v) is 10.7. The first-order chi connectivity index (χ1) is 20.9. The van der Waals surface area contributed by atoms with Gasteiger partial charge in [0.05, 0.1) is 11.2 Å². The summed E-state index contributed by atoms with van der Waals surface area (Å²) in [6.07, 6.45) is 9.10. The second-order valence-electron chi connectivity index (χ2n) is 10.7. The van der Waals surface area contributed by atoms with E-state index in [1.165, 1.54) is 18.7 Å². The molecule has 1 atom stereocenters. The summed E-state index contributed by atoms with van der Waals surface area (Å²) in [5, 5.41) is 7.20. The summed E-state index contributed by atoms with van der Waals surface area (Å²) in [5.41, 5.74) is 2.40. The summed E-state index contributed by atoms with van der Waals surface area (Å²) >= 11 is 0. The third-order valence-corrected chi connectivity index (χ3v) is 7.71. The van der Waals surface area contributed by atoms with Gasteiger partial charge in [-0.3, -0.25) is 4.79 Å². The number of hydrogen-bond acceptors (Lipinski definition) is 9. The molecule has 4 aromatic heterocycles. The van der Waals surface area contributed by atoms with Crippen LogP contribution in [0.3, 0.4) is 0 Å². The van der Waals surface area contributed by atoms with E-state index < -0.39 is 5.82 Å². The van der Waals surface area contributed by atoms with Gasteiger partial charge in [0.1, 0.15) is 35.5 Å². The van der Waals surface area contributed by atoms with Crippen molar-refractivity contribution in [2.45, 2.75) is 26.2 Å². The third-order valence-electron chi connectivity index (χ3n) is 7.71. The van der Waals surface area contributed by atoms with Crippen LogP contribution in [-0.4, -0.2) is 67.0 Å². The number of likely N-dealkylation sites (N-methyl/N-ethyl adjacent to an activating group) is 1. The van der Waals surface area contributed by atoms with Crippen LogP contribution in [0.2, 0.25) is 0 Å². The first-order valence-electron chi connectivity index (χ1n) is 14.2. The summed E-state index contributed by atoms with van der Waals surface area (Å²) < 4.78 is 23.2. The van der Waals surface area contributed by atoms with Gasteiger partial charge in [0, 0.05) is 44.5 Å². The number of carbonyl (C=O) groups excluding carboxylic acids is 1. The lowest BCUT2D eigenvalue weighted by atomic mass is 10.0. The summed E-state index contributed by atoms with van der Waals surface area (Å²) in [4.78, 5) is 33.9. The maximum absolute atomic E-state index is 15.6. The van der Waals surface area contributed by atoms with E-state index in [1.807, 2.05) is 12.1 Å². The molecule has 5 heterocycles. The van der Waals surface area contributed by atoms with Crippen molar-refractivity contribution >= 4 is 39.9 Å². The fourth-order valence-electron chi connectivity index (χ4n) is 5.41. The molecule has 0 unspecified atom stereocenters. The van der Waals surface area contributed by atoms with Crippen molar-refractivity contribution in [1.29, 1.82) is 0 Å². The van der Waals surface area contributed by atoms with Crippen LogP contribution in [0, 0.1) is 18.7 Å². The number of carbonyl (C=O) groups is 1. The van der Waals surface area contributed by atoms with E-state index in [1.54, 1.807) is 53.8 Å². The number of fused-ring (bicyclic) bond motifs is 2. The lowest BCUT2D eigenvalue weighted by Gasteiger charge is -2.28. The molecule has 1 saturated heterocycles. The fourth-order valence-corrected chi connectivity index (χ4v) is 5.41. The van der Waals surface area contributed by atoms with Gasteiger partial charge < -0.3 is 19.9 Å². The molecule has 0 spiro atoms. The Kier molecular flexibility index (Phi) is 7.82. The average molecular weight is 582 g/mol. The van der Waals surface area contributed by atoms with Crippen LogP contribution in [0.15, 0.2) is 67.9 Å². The van der Waals surface area contributed by atoms with Crippen LogP contribution >= 0.6 is 0 Å². The van der Waals surface area contributed by atoms with Crippen LogP contribution < -0.4 is 15.0 Å². The second kappa shape index (κ2) is 12.0. The number of ether oxygens (including phenoxy) is 1. The Labute approximate surface area is 248 Å². The van der Waals surface area contributed by atoms with Gasteiger partial charge in [-0.15, -0.1) is 0 Å². The van der Waals surface area contributed by atoms with Crippen LogP contribution in [0.4, 0.5) is 21.7 Å². The van der Waals surface area contributed by atoms with Gasteiger partial charge in [-0.2, -0.15) is 5.10 Å². The smallest absolute Gasteiger partial charge is 0.245 e. The highest BCUT2D eigenvalue weighted by atomic mass is 19.1. The van der Waals surface area contributed by atoms with E-state index in [2.05, 4.69) is 36.8 Å². The van der Waals surface area contributed by atoms with Crippen molar-refractivity contribution in [3.63, 3.8) is 0 Å². The Hall–Kier alpha value is -5.13. The highest BCUT2D eigenvalue weighted by Gasteiger charge is 2.23. The summed E-state index contributed by atoms with van der Waals surface area (Å²) in [6, 6.07) is 10.7. The van der Waals surface area contributed by atoms with Crippen LogP contribution in [0.1, 0.15) is 24.8 Å². The summed E-state index contributed by atoms with van der Waals surface area (Å²) in [6.45, 7) is 7.53. The van der Waals surface area contributed by atoms with Crippen molar-refractivity contribution < 1.29 is 13.9 Å². The number of hydrogen-bond donors (Lipinski definition) is 1. The maximum Gasteiger partial charge on any atom is 0.245 e. The molecule has 11 nitrogen and oxygen atoms in total. The standard InChI is InChI=1S/C31H32FN9O2/c1-4-28(42)39(3)16-21-7-5-6-13-40(17-21)26-11-9-24-30(38-26)31(35-18-33-24)37-23-8-10-25(20(2)29(23)32)43-22-12-14-41-27(15-22)34-19-36-41/h4,8-12,14-15,18-19,21H,1,5-7,13,16-17H2,2-3H3,(H,33,35,37)/t21-/m0/s1. The molecule has 1 N–H and O–H groups in total. The quantitative estimate of drug-likeness (QED) is 0.244. The molecule has 1 aliphatic heterocycles. The number of pyridine rings is 2. The summed E-state index contributed by atoms with van der Waals surface area (Å²) in [5.74, 6) is 1.86. The van der Waals surface area contributed by atoms with Crippen molar-refractivity contribution in [3.8, 4) is 11.5 Å². The number of nitrogens with zero attached hydrogens (tertiary/aromatic N) is 8. The molecule has 43 heavy (non-hydrogen) atoms. The number of anilines is 3. The molecule has 0 bridgehead atoms. The number of halogens is 1. The molecule has 0 saturated carbocycles. The Bertz CT molecular complexity index is 1810. The molecule has 1 fully saturated rings. The molecule has 1 amide bonds. The highest BCUT2D eigenvalue weighted by Crippen LogP contribution is 2.33. The van der Waals surface area contributed by atoms with Gasteiger partial charge in [0.2, 0.25) is 5.91 Å². The minimum absolute atomic E-state index is 0.0806. The number of rotatable bonds is 8. The zero-order chi connectivity index (χ0) is 29.9. The lowest BCUT2D eigenvalue weighted by Crippen LogP contribution is -2.36. The largest absolute Gasteiger partial charge is 0.457 e. The Morgan fingerprint density at radius 1 is 1.19 bits per heavy atom. The Morgan fingerprint density at radius 2 is 2.07 bits per heavy atom. The van der Waals surface area contributed by atoms with E-state index in [0.717, 1.165) is 38.2 Å². The monoisotopic (exact) mass is 581 g/mol. The van der Waals surface area contributed by atoms with E-state index in [-0.39, 0.29) is 11.6 Å². The van der Waals surface area contributed by atoms with Crippen LogP contribution in [0.25, 0.3) is 16.7 Å². The summed E-state index contributed by atoms with van der Waals surface area (Å²) in [7, 11) is 1.81. The third kappa shape index (κ3) is 5.94. The van der Waals surface area contributed by atoms with Gasteiger partial charge >= 0.3 is 0 Å². The topological polar surface area (TPSA) is 114 Å². The molecule has 0 radical (unpaired) electrons. The van der Waals surface area contributed by atoms with Crippen molar-refractivity contribution in [2.75, 3.05) is 36.9 Å². The van der Waals surface area contributed by atoms with Gasteiger partial charge in [0.25, 0.3) is 0 Å². The zero-order valence-electron chi connectivity index (χ0n) is 24.1. The predicted molar refractivity (Wildman–Crippen MR) is 162 cm³/mol. The van der Waals surface area contributed by atoms with E-state index >= 15 is 4.39 Å². The molecule has 6 rings (SSSR count). The molecule has 12 heteroatoms. The van der Waals surface area contributed by atoms with Crippen molar-refractivity contribution in [2.24, 2.45) is 5.92 Å². The van der Waals surface area contributed by atoms with E-state index in [4.69, 9.17) is 9.72 Å². The maximum atomic E-state index is 15.6. The first kappa shape index (κ1) is 28.0. The molecular formula is C31H32FN9O2. The number of nitrogens with one attached hydrogen (secondary N) is 1. The van der Waals surface area contributed by atoms with E-state index in [0.29, 0.717) is 52.0 Å². The van der Waals surface area contributed by atoms with Crippen molar-refractivity contribution in [1.82, 2.24) is 34.4 Å². The van der Waals surface area contributed by atoms with Gasteiger partial charge in [-0.05, 0) is 62.1 Å². The fraction of sp³-hybridized carbons (Fsp3) is 0.290. The first-order valence-corrected chi connectivity index (χ1v) is 14.2. The molecule has 1 aromatic carbocycles. The van der Waals surface area contributed by atoms with Gasteiger partial charge in [0.15, 0.2) is 17.3 Å². The van der Waals surface area contributed by atoms with E-state index in [9.17, 15) is 4.79 Å². The molecule has 0 aliphatic carbocycles.